The first kappa shape index (κ1) is 13.7. The van der Waals surface area contributed by atoms with E-state index >= 15 is 0 Å². The average Bonchev–Trinajstić information content (AvgIpc) is 2.49. The lowest BCUT2D eigenvalue weighted by Crippen LogP contribution is -2.38. The summed E-state index contributed by atoms with van der Waals surface area (Å²) < 4.78 is 4.77. The fourth-order valence-electron chi connectivity index (χ4n) is 1.56. The summed E-state index contributed by atoms with van der Waals surface area (Å²) in [6, 6.07) is -0.155. The van der Waals surface area contributed by atoms with Gasteiger partial charge in [-0.05, 0) is 41.9 Å². The highest BCUT2D eigenvalue weighted by Gasteiger charge is 2.40. The van der Waals surface area contributed by atoms with Crippen molar-refractivity contribution in [2.45, 2.75) is 50.2 Å². The molecule has 0 N–H and O–H groups in total. The Labute approximate surface area is 110 Å². The van der Waals surface area contributed by atoms with E-state index in [1.165, 1.54) is 4.90 Å². The summed E-state index contributed by atoms with van der Waals surface area (Å²) in [5, 5.41) is 0. The largest absolute Gasteiger partial charge is 0.433 e. The van der Waals surface area contributed by atoms with Gasteiger partial charge in [0.1, 0.15) is 0 Å². The molecule has 0 aliphatic carbocycles. The van der Waals surface area contributed by atoms with Gasteiger partial charge < -0.3 is 4.74 Å². The van der Waals surface area contributed by atoms with Gasteiger partial charge in [-0.2, -0.15) is 0 Å². The standard InChI is InChI=1S/C11H18INO3/c1-4-7(2)5-6-9(14)13-8(3)10(12)16-11(13)15/h7-8,10H,4-6H2,1-3H3/t7-,8-,10?/m1/s1. The maximum absolute atomic E-state index is 11.9. The number of ether oxygens (including phenoxy) is 1. The number of carbonyl (C=O) groups is 2. The maximum atomic E-state index is 11.9. The summed E-state index contributed by atoms with van der Waals surface area (Å²) in [7, 11) is 0. The van der Waals surface area contributed by atoms with Crippen LogP contribution in [0.2, 0.25) is 0 Å². The molecule has 1 fully saturated rings. The smallest absolute Gasteiger partial charge is 0.418 e. The molecule has 0 aromatic carbocycles. The molecule has 3 atom stereocenters. The summed E-state index contributed by atoms with van der Waals surface area (Å²) in [6.45, 7) is 6.05. The van der Waals surface area contributed by atoms with Gasteiger partial charge in [-0.15, -0.1) is 0 Å². The van der Waals surface area contributed by atoms with Crippen molar-refractivity contribution in [3.05, 3.63) is 0 Å². The Hall–Kier alpha value is -0.330. The van der Waals surface area contributed by atoms with Gasteiger partial charge in [-0.3, -0.25) is 4.79 Å². The molecule has 0 aromatic heterocycles. The van der Waals surface area contributed by atoms with E-state index in [-0.39, 0.29) is 16.1 Å². The number of cyclic esters (lactones) is 1. The van der Waals surface area contributed by atoms with Crippen LogP contribution in [0.3, 0.4) is 0 Å². The van der Waals surface area contributed by atoms with Gasteiger partial charge in [0.05, 0.1) is 6.04 Å². The van der Waals surface area contributed by atoms with Crippen LogP contribution in [0.15, 0.2) is 0 Å². The second-order valence-electron chi connectivity index (χ2n) is 4.29. The number of imide groups is 1. The lowest BCUT2D eigenvalue weighted by atomic mass is 10.0. The molecule has 16 heavy (non-hydrogen) atoms. The molecule has 1 unspecified atom stereocenters. The third kappa shape index (κ3) is 3.09. The molecule has 0 spiro atoms. The van der Waals surface area contributed by atoms with Crippen LogP contribution in [0.25, 0.3) is 0 Å². The summed E-state index contributed by atoms with van der Waals surface area (Å²) in [6.07, 6.45) is 1.82. The van der Waals surface area contributed by atoms with Crippen LogP contribution in [0.1, 0.15) is 40.0 Å². The van der Waals surface area contributed by atoms with Gasteiger partial charge in [0.25, 0.3) is 0 Å². The molecule has 0 radical (unpaired) electrons. The zero-order valence-corrected chi connectivity index (χ0v) is 12.1. The minimum atomic E-state index is -0.499. The molecular weight excluding hydrogens is 321 g/mol. The van der Waals surface area contributed by atoms with E-state index in [1.807, 2.05) is 29.5 Å². The fourth-order valence-corrected chi connectivity index (χ4v) is 2.10. The van der Waals surface area contributed by atoms with Crippen molar-refractivity contribution < 1.29 is 14.3 Å². The summed E-state index contributed by atoms with van der Waals surface area (Å²) in [5.74, 6) is 0.408. The Morgan fingerprint density at radius 1 is 1.62 bits per heavy atom. The van der Waals surface area contributed by atoms with Crippen LogP contribution in [0.5, 0.6) is 0 Å². The van der Waals surface area contributed by atoms with E-state index in [2.05, 4.69) is 13.8 Å². The monoisotopic (exact) mass is 339 g/mol. The van der Waals surface area contributed by atoms with E-state index in [1.54, 1.807) is 0 Å². The predicted octanol–water partition coefficient (Wildman–Crippen LogP) is 2.94. The van der Waals surface area contributed by atoms with E-state index in [4.69, 9.17) is 4.74 Å². The van der Waals surface area contributed by atoms with E-state index in [0.29, 0.717) is 12.3 Å². The molecule has 0 bridgehead atoms. The molecule has 1 aliphatic heterocycles. The summed E-state index contributed by atoms with van der Waals surface area (Å²) >= 11 is 2.03. The summed E-state index contributed by atoms with van der Waals surface area (Å²) in [4.78, 5) is 24.5. The normalized spacial score (nSPS) is 26.8. The van der Waals surface area contributed by atoms with Gasteiger partial charge in [-0.25, -0.2) is 9.69 Å². The van der Waals surface area contributed by atoms with Crippen molar-refractivity contribution in [1.82, 2.24) is 4.90 Å². The SMILES string of the molecule is CC[C@@H](C)CCC(=O)N1C(=O)OC(I)[C@H]1C. The highest BCUT2D eigenvalue weighted by molar-refractivity contribution is 14.1. The lowest BCUT2D eigenvalue weighted by molar-refractivity contribution is -0.129. The maximum Gasteiger partial charge on any atom is 0.418 e. The number of hydrogen-bond acceptors (Lipinski definition) is 3. The second kappa shape index (κ2) is 5.84. The first-order valence-electron chi connectivity index (χ1n) is 5.64. The predicted molar refractivity (Wildman–Crippen MR) is 69.3 cm³/mol. The van der Waals surface area contributed by atoms with E-state index < -0.39 is 6.09 Å². The quantitative estimate of drug-likeness (QED) is 0.584. The minimum absolute atomic E-state index is 0.114. The van der Waals surface area contributed by atoms with Crippen LogP contribution < -0.4 is 0 Å². The molecule has 5 heteroatoms. The number of nitrogens with zero attached hydrogens (tertiary/aromatic N) is 1. The zero-order chi connectivity index (χ0) is 12.3. The Morgan fingerprint density at radius 3 is 2.69 bits per heavy atom. The topological polar surface area (TPSA) is 46.6 Å². The number of alkyl halides is 1. The van der Waals surface area contributed by atoms with Crippen LogP contribution in [0.4, 0.5) is 4.79 Å². The first-order chi connectivity index (χ1) is 7.47. The molecule has 0 saturated carbocycles. The Kier molecular flexibility index (Phi) is 5.01. The van der Waals surface area contributed by atoms with Crippen LogP contribution in [-0.2, 0) is 9.53 Å². The zero-order valence-electron chi connectivity index (χ0n) is 9.90. The minimum Gasteiger partial charge on any atom is -0.433 e. The average molecular weight is 339 g/mol. The Balaban J connectivity index is 2.51. The van der Waals surface area contributed by atoms with Gasteiger partial charge in [-0.1, -0.05) is 20.3 Å². The molecular formula is C11H18INO3. The van der Waals surface area contributed by atoms with Crippen LogP contribution in [-0.4, -0.2) is 27.1 Å². The van der Waals surface area contributed by atoms with Crippen molar-refractivity contribution in [3.8, 4) is 0 Å². The second-order valence-corrected chi connectivity index (χ2v) is 5.52. The Morgan fingerprint density at radius 2 is 2.25 bits per heavy atom. The van der Waals surface area contributed by atoms with Crippen LogP contribution >= 0.6 is 22.6 Å². The van der Waals surface area contributed by atoms with Crippen molar-refractivity contribution in [2.24, 2.45) is 5.92 Å². The number of halogens is 1. The molecule has 4 nitrogen and oxygen atoms in total. The van der Waals surface area contributed by atoms with Gasteiger partial charge in [0, 0.05) is 6.42 Å². The fraction of sp³-hybridized carbons (Fsp3) is 0.818. The van der Waals surface area contributed by atoms with Gasteiger partial charge >= 0.3 is 6.09 Å². The molecule has 0 aromatic rings. The van der Waals surface area contributed by atoms with E-state index in [9.17, 15) is 9.59 Å². The van der Waals surface area contributed by atoms with Crippen molar-refractivity contribution in [1.29, 1.82) is 0 Å². The first-order valence-corrected chi connectivity index (χ1v) is 6.88. The Bertz CT molecular complexity index is 282. The van der Waals surface area contributed by atoms with Gasteiger partial charge in [0.2, 0.25) is 5.91 Å². The van der Waals surface area contributed by atoms with Crippen LogP contribution in [0, 0.1) is 5.92 Å². The summed E-state index contributed by atoms with van der Waals surface area (Å²) in [5.41, 5.74) is 0. The number of rotatable bonds is 4. The lowest BCUT2D eigenvalue weighted by Gasteiger charge is -2.17. The number of hydrogen-bond donors (Lipinski definition) is 0. The van der Waals surface area contributed by atoms with Crippen molar-refractivity contribution in [2.75, 3.05) is 0 Å². The van der Waals surface area contributed by atoms with Crippen molar-refractivity contribution in [3.63, 3.8) is 0 Å². The molecule has 2 amide bonds. The number of carbonyl (C=O) groups excluding carboxylic acids is 2. The highest BCUT2D eigenvalue weighted by Crippen LogP contribution is 2.25. The molecule has 92 valence electrons. The third-order valence-electron chi connectivity index (χ3n) is 3.01. The molecule has 1 aliphatic rings. The highest BCUT2D eigenvalue weighted by atomic mass is 127. The molecule has 1 saturated heterocycles. The third-order valence-corrected chi connectivity index (χ3v) is 4.31. The van der Waals surface area contributed by atoms with Gasteiger partial charge in [0.15, 0.2) is 4.11 Å². The number of amides is 2. The molecule has 1 heterocycles. The molecule has 1 rings (SSSR count). The van der Waals surface area contributed by atoms with E-state index in [0.717, 1.165) is 12.8 Å². The van der Waals surface area contributed by atoms with Crippen molar-refractivity contribution >= 4 is 34.6 Å².